The second-order valence-corrected chi connectivity index (χ2v) is 26.3. The molecule has 4 aliphatic rings. The summed E-state index contributed by atoms with van der Waals surface area (Å²) in [5, 5.41) is 28.9. The van der Waals surface area contributed by atoms with Crippen molar-refractivity contribution >= 4 is 37.4 Å². The van der Waals surface area contributed by atoms with E-state index in [9.17, 15) is 27.0 Å². The minimum Gasteiger partial charge on any atom is -0.508 e. The Kier molecular flexibility index (Phi) is 16.9. The lowest BCUT2D eigenvalue weighted by Crippen LogP contribution is -2.69. The van der Waals surface area contributed by atoms with Crippen LogP contribution in [0, 0.1) is 49.2 Å². The molecule has 10 atom stereocenters. The van der Waals surface area contributed by atoms with Crippen LogP contribution in [0.15, 0.2) is 84.9 Å². The molecule has 2 unspecified atom stereocenters. The third-order valence-corrected chi connectivity index (χ3v) is 20.4. The van der Waals surface area contributed by atoms with Gasteiger partial charge in [-0.2, -0.15) is 0 Å². The summed E-state index contributed by atoms with van der Waals surface area (Å²) < 4.78 is 88.2. The molecule has 0 bridgehead atoms. The van der Waals surface area contributed by atoms with Crippen LogP contribution in [0.4, 0.5) is 8.78 Å². The largest absolute Gasteiger partial charge is 0.508 e. The highest BCUT2D eigenvalue weighted by molar-refractivity contribution is 7.88. The summed E-state index contributed by atoms with van der Waals surface area (Å²) >= 11 is 0. The Morgan fingerprint density at radius 2 is 1.00 bits per heavy atom. The Morgan fingerprint density at radius 1 is 0.632 bits per heavy atom. The van der Waals surface area contributed by atoms with Crippen LogP contribution in [0.2, 0.25) is 0 Å². The summed E-state index contributed by atoms with van der Waals surface area (Å²) in [6.45, 7) is 8.34. The van der Waals surface area contributed by atoms with Crippen LogP contribution >= 0.6 is 0 Å². The van der Waals surface area contributed by atoms with E-state index < -0.39 is 95.9 Å². The normalized spacial score (nSPS) is 28.8. The number of ketones is 3. The van der Waals surface area contributed by atoms with Crippen molar-refractivity contribution in [3.8, 4) is 11.5 Å². The molecule has 0 amide bonds. The smallest absolute Gasteiger partial charge is 0.210 e. The zero-order valence-corrected chi connectivity index (χ0v) is 46.4. The number of aromatic hydroxyl groups is 2. The molecule has 0 saturated carbocycles. The van der Waals surface area contributed by atoms with Crippen LogP contribution in [-0.2, 0) is 24.8 Å². The van der Waals surface area contributed by atoms with Crippen molar-refractivity contribution in [3.05, 3.63) is 130 Å². The van der Waals surface area contributed by atoms with Crippen LogP contribution in [0.3, 0.4) is 0 Å². The molecular weight excluding hydrogens is 1010 g/mol. The molecule has 15 nitrogen and oxygen atoms in total. The monoisotopic (exact) mass is 1090 g/mol. The fourth-order valence-electron chi connectivity index (χ4n) is 13.9. The van der Waals surface area contributed by atoms with E-state index in [-0.39, 0.29) is 71.8 Å². The maximum atomic E-state index is 18.0. The van der Waals surface area contributed by atoms with Crippen molar-refractivity contribution in [2.24, 2.45) is 23.7 Å². The number of carbonyl (C=O) groups excluding carboxylic acids is 3. The van der Waals surface area contributed by atoms with E-state index in [2.05, 4.69) is 10.6 Å². The molecule has 76 heavy (non-hydrogen) atoms. The van der Waals surface area contributed by atoms with Gasteiger partial charge < -0.3 is 20.8 Å². The molecule has 4 N–H and O–H groups in total. The minimum atomic E-state index is -3.85. The van der Waals surface area contributed by atoms with Crippen LogP contribution in [0.5, 0.6) is 11.5 Å². The second-order valence-electron chi connectivity index (χ2n) is 22.1. The van der Waals surface area contributed by atoms with Gasteiger partial charge in [-0.05, 0) is 162 Å². The average Bonchev–Trinajstić information content (AvgIpc) is 3.82. The number of phenolic OH excluding ortho intramolecular Hbond substituents is 2. The van der Waals surface area contributed by atoms with E-state index in [0.29, 0.717) is 63.0 Å². The first-order valence-corrected chi connectivity index (χ1v) is 30.0. The number of sulfonamides is 2. The Morgan fingerprint density at radius 3 is 1.33 bits per heavy atom. The van der Waals surface area contributed by atoms with Gasteiger partial charge in [-0.1, -0.05) is 48.5 Å². The first-order chi connectivity index (χ1) is 35.8. The van der Waals surface area contributed by atoms with E-state index in [1.165, 1.54) is 50.5 Å². The highest BCUT2D eigenvalue weighted by atomic mass is 32.2. The molecule has 8 rings (SSSR count). The Hall–Kier alpha value is -4.99. The molecule has 19 heteroatoms. The van der Waals surface area contributed by atoms with Crippen molar-refractivity contribution in [2.75, 3.05) is 79.0 Å². The van der Waals surface area contributed by atoms with Gasteiger partial charge >= 0.3 is 0 Å². The Balaban J connectivity index is 1.49. The summed E-state index contributed by atoms with van der Waals surface area (Å²) in [6, 6.07) is 18.6. The standard InChI is InChI=1S/C57H74F2N6O9S2/c1-35-43(21-11-23-45(35)58)47-49(39-17-13-25-60-33-39)56(3,64(29-27-62(5)75(7,71)72)51(47)53(68)37-15-9-19-41(66)31-37)55(70)57(4)50(40-18-14-26-61-34-40)48(44-22-12-24-46(59)36(44)2)52(54(69)38-16-10-20-42(67)32-38)65(57)30-28-63(6)76(8,73)74/h9-12,15-16,19-24,31-32,39-40,47-52,60-61,66-67H,13-14,17-18,25-30,33-34H2,1-8H3/t39?,40?,47-,48-,49-,50-,51-,52-,56-,57-/m0/s1. The van der Waals surface area contributed by atoms with Gasteiger partial charge in [-0.15, -0.1) is 0 Å². The number of Topliss-reactive ketones (excluding diaryl/α,β-unsaturated/α-hetero) is 3. The van der Waals surface area contributed by atoms with Crippen LogP contribution in [0.1, 0.15) is 94.3 Å². The zero-order chi connectivity index (χ0) is 55.2. The number of hydrogen-bond donors (Lipinski definition) is 4. The van der Waals surface area contributed by atoms with Crippen molar-refractivity contribution in [1.82, 2.24) is 29.0 Å². The molecule has 4 heterocycles. The van der Waals surface area contributed by atoms with E-state index in [1.807, 2.05) is 23.6 Å². The molecule has 4 saturated heterocycles. The number of nitrogens with one attached hydrogen (secondary N) is 2. The molecule has 0 aliphatic carbocycles. The molecule has 4 aliphatic heterocycles. The van der Waals surface area contributed by atoms with Crippen LogP contribution in [0.25, 0.3) is 0 Å². The second kappa shape index (κ2) is 22.4. The molecule has 4 fully saturated rings. The fourth-order valence-corrected chi connectivity index (χ4v) is 14.8. The summed E-state index contributed by atoms with van der Waals surface area (Å²) in [5.74, 6) is -7.03. The van der Waals surface area contributed by atoms with Gasteiger partial charge in [-0.25, -0.2) is 34.2 Å². The van der Waals surface area contributed by atoms with Crippen molar-refractivity contribution in [3.63, 3.8) is 0 Å². The number of nitrogens with zero attached hydrogens (tertiary/aromatic N) is 4. The Labute approximate surface area is 447 Å². The summed E-state index contributed by atoms with van der Waals surface area (Å²) in [5.41, 5.74) is -1.85. The van der Waals surface area contributed by atoms with Crippen LogP contribution in [-0.4, -0.2) is 165 Å². The fraction of sp³-hybridized carbons (Fsp3) is 0.526. The van der Waals surface area contributed by atoms with Gasteiger partial charge in [0.2, 0.25) is 20.0 Å². The number of likely N-dealkylation sites (tertiary alicyclic amines) is 2. The molecule has 4 aromatic carbocycles. The number of hydrogen-bond acceptors (Lipinski definition) is 13. The minimum absolute atomic E-state index is 0.116. The number of likely N-dealkylation sites (N-methyl/N-ethyl adjacent to an activating group) is 2. The number of rotatable bonds is 18. The van der Waals surface area contributed by atoms with Gasteiger partial charge in [0.1, 0.15) is 23.1 Å². The van der Waals surface area contributed by atoms with E-state index in [0.717, 1.165) is 21.1 Å². The van der Waals surface area contributed by atoms with Gasteiger partial charge in [0.15, 0.2) is 17.3 Å². The lowest BCUT2D eigenvalue weighted by Gasteiger charge is -2.52. The topological polar surface area (TPSA) is 197 Å². The average molecular weight is 1090 g/mol. The first kappa shape index (κ1) is 57.2. The van der Waals surface area contributed by atoms with Crippen molar-refractivity contribution in [1.29, 1.82) is 0 Å². The van der Waals surface area contributed by atoms with Gasteiger partial charge in [-0.3, -0.25) is 24.2 Å². The number of piperidine rings is 2. The molecule has 4 aromatic rings. The van der Waals surface area contributed by atoms with Gasteiger partial charge in [0.25, 0.3) is 0 Å². The molecular formula is C57H74F2N6O9S2. The maximum absolute atomic E-state index is 18.0. The van der Waals surface area contributed by atoms with Crippen molar-refractivity contribution < 1.29 is 50.2 Å². The lowest BCUT2D eigenvalue weighted by atomic mass is 9.59. The molecule has 0 aromatic heterocycles. The predicted octanol–water partition coefficient (Wildman–Crippen LogP) is 6.10. The van der Waals surface area contributed by atoms with E-state index in [4.69, 9.17) is 0 Å². The van der Waals surface area contributed by atoms with E-state index >= 15 is 23.2 Å². The first-order valence-electron chi connectivity index (χ1n) is 26.3. The molecule has 0 spiro atoms. The number of benzene rings is 4. The lowest BCUT2D eigenvalue weighted by molar-refractivity contribution is -0.147. The highest BCUT2D eigenvalue weighted by Crippen LogP contribution is 2.61. The number of phenols is 2. The maximum Gasteiger partial charge on any atom is 0.210 e. The summed E-state index contributed by atoms with van der Waals surface area (Å²) in [7, 11) is -4.86. The summed E-state index contributed by atoms with van der Waals surface area (Å²) in [4.78, 5) is 53.6. The predicted molar refractivity (Wildman–Crippen MR) is 289 cm³/mol. The van der Waals surface area contributed by atoms with Gasteiger partial charge in [0.05, 0.1) is 35.7 Å². The van der Waals surface area contributed by atoms with E-state index in [1.54, 1.807) is 62.4 Å². The number of carbonyl (C=O) groups is 3. The third-order valence-electron chi connectivity index (χ3n) is 17.8. The summed E-state index contributed by atoms with van der Waals surface area (Å²) in [6.07, 6.45) is 4.71. The SMILES string of the molecule is Cc1c(F)cccc1[C@@H]1[C@@H](C(=O)c2cccc(O)c2)N(CCN(C)S(C)(=O)=O)[C@](C)(C(=O)[C@]2(C)[C@@H](C3CCCNC3)[C@H](c3cccc(F)c3C)[C@@H](C(=O)c3cccc(O)c3)N2CCN(C)S(C)(=O)=O)[C@H]1C1CCCNC1. The Bertz CT molecular complexity index is 2860. The van der Waals surface area contributed by atoms with Crippen molar-refractivity contribution in [2.45, 2.75) is 88.4 Å². The van der Waals surface area contributed by atoms with Crippen LogP contribution < -0.4 is 10.6 Å². The highest BCUT2D eigenvalue weighted by Gasteiger charge is 2.72. The molecule has 412 valence electrons. The molecule has 0 radical (unpaired) electrons. The third kappa shape index (κ3) is 10.7. The quantitative estimate of drug-likeness (QED) is 0.0837. The number of halogens is 2. The van der Waals surface area contributed by atoms with Gasteiger partial charge in [0, 0.05) is 63.2 Å². The zero-order valence-electron chi connectivity index (χ0n) is 44.8.